The van der Waals surface area contributed by atoms with Gasteiger partial charge in [-0.1, -0.05) is 60.1 Å². The number of aromatic nitrogens is 1. The zero-order valence-corrected chi connectivity index (χ0v) is 45.5. The molecule has 0 bridgehead atoms. The van der Waals surface area contributed by atoms with Gasteiger partial charge in [0, 0.05) is 88.3 Å². The van der Waals surface area contributed by atoms with Crippen LogP contribution in [0.15, 0.2) is 130 Å². The smallest absolute Gasteiger partial charge is 0.236 e. The summed E-state index contributed by atoms with van der Waals surface area (Å²) in [5.41, 5.74) is 6.14. The van der Waals surface area contributed by atoms with E-state index in [1.54, 1.807) is 49.9 Å². The Morgan fingerprint density at radius 2 is 1.44 bits per heavy atom. The van der Waals surface area contributed by atoms with Crippen molar-refractivity contribution in [2.75, 3.05) is 81.5 Å². The third kappa shape index (κ3) is 12.8. The molecule has 1 aliphatic heterocycles. The number of hydrogen-bond acceptors (Lipinski definition) is 10. The molecular weight excluding hydrogens is 982 g/mol. The Kier molecular flexibility index (Phi) is 17.2. The number of thioether (sulfide) groups is 1. The third-order valence-electron chi connectivity index (χ3n) is 12.8. The van der Waals surface area contributed by atoms with E-state index in [9.17, 15) is 21.4 Å². The number of benzene rings is 5. The molecule has 0 N–H and O–H groups in total. The van der Waals surface area contributed by atoms with Crippen molar-refractivity contribution < 1.29 is 30.3 Å². The molecule has 1 unspecified atom stereocenters. The van der Waals surface area contributed by atoms with Crippen LogP contribution in [0.25, 0.3) is 22.4 Å². The molecular formula is C54H65ClFN4O6PS3. The second-order valence-corrected chi connectivity index (χ2v) is 26.7. The first-order valence-electron chi connectivity index (χ1n) is 23.7. The first-order valence-corrected chi connectivity index (χ1v) is 30.6. The summed E-state index contributed by atoms with van der Waals surface area (Å²) in [7, 11) is -6.89. The standard InChI is InChI=1S/C54H65ClFN4O6PS3/c1-9-66-67(61,49-24-19-43(51(35-49)69(7,62)63)31-41(25-26-57(5)6)37-68-50-13-11-10-12-14-50)36-40-15-22-47(23-16-40)58-27-29-59(30-28-58)48-33-44(32-46(56)34-48)52-53(42-17-20-45(55)21-18-42)60(38(2)3)39(4)54(52)70(8,64)65/h10-24,32-35,38,41H,9,25-31,36-37H2,1-8H3/t41-,67?/m0/s1. The Hall–Kier alpha value is -4.40. The Bertz CT molecular complexity index is 3050. The molecule has 6 aromatic rings. The van der Waals surface area contributed by atoms with Crippen LogP contribution in [-0.2, 0) is 41.3 Å². The Labute approximate surface area is 424 Å². The molecule has 16 heteroatoms. The monoisotopic (exact) mass is 1050 g/mol. The number of piperazine rings is 1. The number of hydrogen-bond donors (Lipinski definition) is 0. The van der Waals surface area contributed by atoms with Crippen LogP contribution in [0.1, 0.15) is 50.1 Å². The maximum Gasteiger partial charge on any atom is 0.236 e. The highest BCUT2D eigenvalue weighted by Crippen LogP contribution is 2.50. The summed E-state index contributed by atoms with van der Waals surface area (Å²) in [5, 5.41) is 0.932. The highest BCUT2D eigenvalue weighted by Gasteiger charge is 2.32. The predicted octanol–water partition coefficient (Wildman–Crippen LogP) is 11.7. The van der Waals surface area contributed by atoms with Crippen molar-refractivity contribution in [3.63, 3.8) is 0 Å². The van der Waals surface area contributed by atoms with Crippen molar-refractivity contribution in [3.8, 4) is 22.4 Å². The maximum absolute atomic E-state index is 15.8. The lowest BCUT2D eigenvalue weighted by molar-refractivity contribution is 0.340. The molecule has 2 heterocycles. The van der Waals surface area contributed by atoms with E-state index in [0.717, 1.165) is 41.1 Å². The second-order valence-electron chi connectivity index (χ2n) is 18.8. The summed E-state index contributed by atoms with van der Waals surface area (Å²) >= 11 is 8.04. The van der Waals surface area contributed by atoms with Gasteiger partial charge in [-0.3, -0.25) is 4.57 Å². The van der Waals surface area contributed by atoms with Gasteiger partial charge in [-0.15, -0.1) is 11.8 Å². The normalized spacial score (nSPS) is 14.9. The Morgan fingerprint density at radius 3 is 2.03 bits per heavy atom. The molecule has 0 amide bonds. The minimum Gasteiger partial charge on any atom is -0.368 e. The molecule has 1 aromatic heterocycles. The van der Waals surface area contributed by atoms with Gasteiger partial charge in [0.1, 0.15) is 5.82 Å². The number of sulfone groups is 2. The van der Waals surface area contributed by atoms with Crippen LogP contribution < -0.4 is 15.1 Å². The van der Waals surface area contributed by atoms with Crippen LogP contribution in [0.5, 0.6) is 0 Å². The maximum atomic E-state index is 15.8. The van der Waals surface area contributed by atoms with Gasteiger partial charge in [-0.2, -0.15) is 0 Å². The van der Waals surface area contributed by atoms with Crippen LogP contribution in [0.3, 0.4) is 0 Å². The quantitative estimate of drug-likeness (QED) is 0.0542. The topological polar surface area (TPSA) is 109 Å². The zero-order chi connectivity index (χ0) is 50.5. The highest BCUT2D eigenvalue weighted by molar-refractivity contribution is 7.99. The highest BCUT2D eigenvalue weighted by atomic mass is 35.5. The van der Waals surface area contributed by atoms with Gasteiger partial charge < -0.3 is 23.8 Å². The van der Waals surface area contributed by atoms with Gasteiger partial charge >= 0.3 is 0 Å². The number of nitrogens with zero attached hydrogens (tertiary/aromatic N) is 4. The number of halogens is 2. The van der Waals surface area contributed by atoms with Gasteiger partial charge in [0.05, 0.1) is 28.3 Å². The fraction of sp³-hybridized carbons (Fsp3) is 0.370. The summed E-state index contributed by atoms with van der Waals surface area (Å²) in [6.45, 7) is 11.1. The molecule has 0 saturated carbocycles. The van der Waals surface area contributed by atoms with Crippen LogP contribution in [0, 0.1) is 18.7 Å². The Morgan fingerprint density at radius 1 is 0.800 bits per heavy atom. The van der Waals surface area contributed by atoms with E-state index < -0.39 is 32.9 Å². The first kappa shape index (κ1) is 53.4. The SMILES string of the molecule is CCOP(=O)(Cc1ccc(N2CCN(c3cc(F)cc(-c4c(S(C)(=O)=O)c(C)n(C(C)C)c4-c4ccc(Cl)cc4)c3)CC2)cc1)c1ccc(C[C@H](CCN(C)C)CSc2ccccc2)c(S(C)(=O)=O)c1. The molecule has 70 heavy (non-hydrogen) atoms. The molecule has 0 aliphatic carbocycles. The van der Waals surface area contributed by atoms with E-state index in [0.29, 0.717) is 71.1 Å². The number of anilines is 2. The fourth-order valence-electron chi connectivity index (χ4n) is 9.54. The minimum absolute atomic E-state index is 0.0891. The first-order chi connectivity index (χ1) is 33.1. The average molecular weight is 1050 g/mol. The van der Waals surface area contributed by atoms with Crippen molar-refractivity contribution in [1.82, 2.24) is 9.47 Å². The summed E-state index contributed by atoms with van der Waals surface area (Å²) in [6.07, 6.45) is 3.97. The molecule has 1 saturated heterocycles. The lowest BCUT2D eigenvalue weighted by Gasteiger charge is -2.37. The van der Waals surface area contributed by atoms with Crippen LogP contribution in [-0.4, -0.2) is 98.0 Å². The minimum atomic E-state index is -3.74. The molecule has 7 rings (SSSR count). The second kappa shape index (κ2) is 22.6. The van der Waals surface area contributed by atoms with Crippen molar-refractivity contribution in [2.45, 2.75) is 67.4 Å². The third-order valence-corrected chi connectivity index (χ3v) is 19.2. The van der Waals surface area contributed by atoms with Crippen molar-refractivity contribution in [2.24, 2.45) is 5.92 Å². The van der Waals surface area contributed by atoms with E-state index >= 15 is 4.39 Å². The van der Waals surface area contributed by atoms with Gasteiger partial charge in [0.2, 0.25) is 7.37 Å². The molecule has 374 valence electrons. The largest absolute Gasteiger partial charge is 0.368 e. The van der Waals surface area contributed by atoms with Crippen molar-refractivity contribution in [3.05, 3.63) is 143 Å². The molecule has 1 aliphatic rings. The zero-order valence-electron chi connectivity index (χ0n) is 41.4. The van der Waals surface area contributed by atoms with Gasteiger partial charge in [-0.05, 0) is 156 Å². The molecule has 5 aromatic carbocycles. The molecule has 0 radical (unpaired) electrons. The lowest BCUT2D eigenvalue weighted by Crippen LogP contribution is -2.46. The van der Waals surface area contributed by atoms with E-state index in [4.69, 9.17) is 16.1 Å². The van der Waals surface area contributed by atoms with Crippen molar-refractivity contribution >= 4 is 67.1 Å². The van der Waals surface area contributed by atoms with Gasteiger partial charge in [0.15, 0.2) is 19.7 Å². The average Bonchev–Trinajstić information content (AvgIpc) is 3.64. The predicted molar refractivity (Wildman–Crippen MR) is 289 cm³/mol. The van der Waals surface area contributed by atoms with Crippen molar-refractivity contribution in [1.29, 1.82) is 0 Å². The molecule has 0 spiro atoms. The van der Waals surface area contributed by atoms with E-state index in [-0.39, 0.29) is 34.5 Å². The summed E-state index contributed by atoms with van der Waals surface area (Å²) in [6, 6.07) is 35.3. The Balaban J connectivity index is 1.08. The molecule has 10 nitrogen and oxygen atoms in total. The fourth-order valence-corrected chi connectivity index (χ4v) is 15.2. The van der Waals surface area contributed by atoms with Crippen LogP contribution >= 0.6 is 30.7 Å². The van der Waals surface area contributed by atoms with Gasteiger partial charge in [0.25, 0.3) is 0 Å². The summed E-state index contributed by atoms with van der Waals surface area (Å²) in [5.74, 6) is 0.572. The van der Waals surface area contributed by atoms with E-state index in [1.807, 2.05) is 99.2 Å². The van der Waals surface area contributed by atoms with Gasteiger partial charge in [-0.25, -0.2) is 21.2 Å². The van der Waals surface area contributed by atoms with Crippen LogP contribution in [0.2, 0.25) is 5.02 Å². The summed E-state index contributed by atoms with van der Waals surface area (Å²) < 4.78 is 92.6. The number of rotatable bonds is 20. The van der Waals surface area contributed by atoms with Crippen LogP contribution in [0.4, 0.5) is 15.8 Å². The van der Waals surface area contributed by atoms with E-state index in [1.165, 1.54) is 29.5 Å². The molecule has 2 atom stereocenters. The van der Waals surface area contributed by atoms with E-state index in [2.05, 4.69) is 26.8 Å². The molecule has 1 fully saturated rings. The lowest BCUT2D eigenvalue weighted by atomic mass is 9.97. The summed E-state index contributed by atoms with van der Waals surface area (Å²) in [4.78, 5) is 8.04.